The fraction of sp³-hybridized carbons (Fsp3) is 0.450. The summed E-state index contributed by atoms with van der Waals surface area (Å²) >= 11 is 0. The summed E-state index contributed by atoms with van der Waals surface area (Å²) in [7, 11) is 0. The van der Waals surface area contributed by atoms with Crippen LogP contribution in [0.1, 0.15) is 30.9 Å². The first kappa shape index (κ1) is 20.4. The van der Waals surface area contributed by atoms with E-state index in [1.54, 1.807) is 12.3 Å². The van der Waals surface area contributed by atoms with E-state index in [4.69, 9.17) is 0 Å². The molecule has 160 valence electrons. The summed E-state index contributed by atoms with van der Waals surface area (Å²) in [5.41, 5.74) is -0.0438. The van der Waals surface area contributed by atoms with Gasteiger partial charge < -0.3 is 15.3 Å². The van der Waals surface area contributed by atoms with Crippen molar-refractivity contribution < 1.29 is 18.3 Å². The maximum absolute atomic E-state index is 13.0. The van der Waals surface area contributed by atoms with E-state index in [1.165, 1.54) is 11.4 Å². The average molecular weight is 420 g/mol. The van der Waals surface area contributed by atoms with Gasteiger partial charge >= 0.3 is 6.18 Å². The zero-order chi connectivity index (χ0) is 21.5. The van der Waals surface area contributed by atoms with Gasteiger partial charge in [0, 0.05) is 24.3 Å². The first-order valence-corrected chi connectivity index (χ1v) is 9.88. The minimum atomic E-state index is -4.53. The van der Waals surface area contributed by atoms with Gasteiger partial charge in [0.1, 0.15) is 5.75 Å². The number of hydrogen-bond acceptors (Lipinski definition) is 6. The van der Waals surface area contributed by atoms with E-state index in [2.05, 4.69) is 32.2 Å². The number of nitrogens with zero attached hydrogens (tertiary/aromatic N) is 5. The number of aryl methyl sites for hydroxylation is 1. The molecule has 0 amide bonds. The lowest BCUT2D eigenvalue weighted by atomic mass is 10.0. The number of likely N-dealkylation sites (N-methyl/N-ethyl adjacent to an activating group) is 1. The van der Waals surface area contributed by atoms with Crippen LogP contribution >= 0.6 is 0 Å². The van der Waals surface area contributed by atoms with Crippen molar-refractivity contribution in [1.29, 1.82) is 0 Å². The Morgan fingerprint density at radius 1 is 1.27 bits per heavy atom. The van der Waals surface area contributed by atoms with E-state index < -0.39 is 17.5 Å². The second-order valence-electron chi connectivity index (χ2n) is 7.55. The predicted octanol–water partition coefficient (Wildman–Crippen LogP) is 3.72. The van der Waals surface area contributed by atoms with Crippen LogP contribution in [0.2, 0.25) is 0 Å². The number of halogens is 3. The highest BCUT2D eigenvalue weighted by Crippen LogP contribution is 2.38. The molecule has 0 bridgehead atoms. The molecule has 2 N–H and O–H groups in total. The monoisotopic (exact) mass is 420 g/mol. The summed E-state index contributed by atoms with van der Waals surface area (Å²) in [6.45, 7) is 6.65. The van der Waals surface area contributed by atoms with Gasteiger partial charge in [-0.25, -0.2) is 9.50 Å². The Morgan fingerprint density at radius 3 is 2.77 bits per heavy atom. The Balaban J connectivity index is 1.62. The fourth-order valence-corrected chi connectivity index (χ4v) is 3.89. The smallest absolute Gasteiger partial charge is 0.416 e. The number of piperidine rings is 1. The van der Waals surface area contributed by atoms with Gasteiger partial charge in [0.2, 0.25) is 5.95 Å². The molecule has 2 aromatic heterocycles. The van der Waals surface area contributed by atoms with Crippen LogP contribution < -0.4 is 5.32 Å². The largest absolute Gasteiger partial charge is 0.507 e. The van der Waals surface area contributed by atoms with Crippen LogP contribution in [0.5, 0.6) is 5.75 Å². The number of fused-ring (bicyclic) bond motifs is 1. The summed E-state index contributed by atoms with van der Waals surface area (Å²) in [4.78, 5) is 11.2. The van der Waals surface area contributed by atoms with Gasteiger partial charge in [-0.3, -0.25) is 0 Å². The zero-order valence-corrected chi connectivity index (χ0v) is 16.7. The molecule has 1 saturated heterocycles. The van der Waals surface area contributed by atoms with Gasteiger partial charge in [0.15, 0.2) is 0 Å². The van der Waals surface area contributed by atoms with Gasteiger partial charge in [-0.05, 0) is 56.6 Å². The Bertz CT molecular complexity index is 1040. The van der Waals surface area contributed by atoms with Crippen molar-refractivity contribution in [2.75, 3.05) is 25.0 Å². The Morgan fingerprint density at radius 2 is 2.07 bits per heavy atom. The molecule has 7 nitrogen and oxygen atoms in total. The summed E-state index contributed by atoms with van der Waals surface area (Å²) in [6.07, 6.45) is -0.763. The molecule has 1 atom stereocenters. The van der Waals surface area contributed by atoms with Crippen molar-refractivity contribution in [1.82, 2.24) is 24.5 Å². The third-order valence-corrected chi connectivity index (χ3v) is 5.39. The van der Waals surface area contributed by atoms with Crippen LogP contribution in [0, 0.1) is 6.92 Å². The lowest BCUT2D eigenvalue weighted by Crippen LogP contribution is -2.42. The van der Waals surface area contributed by atoms with Crippen molar-refractivity contribution in [2.45, 2.75) is 38.9 Å². The van der Waals surface area contributed by atoms with E-state index in [1.807, 2.05) is 0 Å². The van der Waals surface area contributed by atoms with Crippen molar-refractivity contribution >= 4 is 11.7 Å². The number of phenolic OH excluding ortho intramolecular Hbond substituents is 1. The molecule has 1 aromatic carbocycles. The summed E-state index contributed by atoms with van der Waals surface area (Å²) in [6, 6.07) is 3.56. The van der Waals surface area contributed by atoms with Crippen LogP contribution in [0.25, 0.3) is 17.0 Å². The molecule has 0 radical (unpaired) electrons. The first-order chi connectivity index (χ1) is 14.2. The van der Waals surface area contributed by atoms with Crippen molar-refractivity contribution in [2.24, 2.45) is 0 Å². The lowest BCUT2D eigenvalue weighted by molar-refractivity contribution is -0.137. The van der Waals surface area contributed by atoms with Crippen molar-refractivity contribution in [3.05, 3.63) is 35.5 Å². The molecular weight excluding hydrogens is 397 g/mol. The molecule has 0 spiro atoms. The molecule has 1 aliphatic rings. The van der Waals surface area contributed by atoms with E-state index in [-0.39, 0.29) is 17.2 Å². The van der Waals surface area contributed by atoms with Gasteiger partial charge in [-0.15, -0.1) is 5.10 Å². The third-order valence-electron chi connectivity index (χ3n) is 5.39. The highest BCUT2D eigenvalue weighted by atomic mass is 19.4. The molecule has 1 fully saturated rings. The highest BCUT2D eigenvalue weighted by Gasteiger charge is 2.32. The van der Waals surface area contributed by atoms with Crippen molar-refractivity contribution in [3.8, 4) is 17.0 Å². The first-order valence-electron chi connectivity index (χ1n) is 9.88. The average Bonchev–Trinajstić information content (AvgIpc) is 3.08. The number of likely N-dealkylation sites (tertiary alicyclic amines) is 1. The summed E-state index contributed by atoms with van der Waals surface area (Å²) in [5, 5.41) is 18.0. The van der Waals surface area contributed by atoms with E-state index >= 15 is 0 Å². The van der Waals surface area contributed by atoms with Crippen LogP contribution in [-0.4, -0.2) is 55.3 Å². The number of hydrogen-bond donors (Lipinski definition) is 2. The van der Waals surface area contributed by atoms with Crippen LogP contribution in [0.15, 0.2) is 24.4 Å². The number of anilines is 1. The second-order valence-corrected chi connectivity index (χ2v) is 7.55. The molecule has 1 aliphatic heterocycles. The fourth-order valence-electron chi connectivity index (χ4n) is 3.89. The molecule has 30 heavy (non-hydrogen) atoms. The van der Waals surface area contributed by atoms with Gasteiger partial charge in [-0.1, -0.05) is 6.92 Å². The number of phenols is 1. The third kappa shape index (κ3) is 4.04. The van der Waals surface area contributed by atoms with Crippen LogP contribution in [-0.2, 0) is 6.18 Å². The molecule has 3 aromatic rings. The van der Waals surface area contributed by atoms with Crippen molar-refractivity contribution in [3.63, 3.8) is 0 Å². The number of benzene rings is 1. The maximum Gasteiger partial charge on any atom is 0.416 e. The highest BCUT2D eigenvalue weighted by molar-refractivity contribution is 5.72. The van der Waals surface area contributed by atoms with Gasteiger partial charge in [-0.2, -0.15) is 18.2 Å². The minimum Gasteiger partial charge on any atom is -0.507 e. The Labute approximate surface area is 171 Å². The van der Waals surface area contributed by atoms with E-state index in [0.29, 0.717) is 23.5 Å². The molecule has 3 heterocycles. The molecule has 0 saturated carbocycles. The number of nitrogens with one attached hydrogen (secondary N) is 1. The molecule has 0 aliphatic carbocycles. The maximum atomic E-state index is 13.0. The quantitative estimate of drug-likeness (QED) is 0.670. The lowest BCUT2D eigenvalue weighted by Gasteiger charge is -2.31. The van der Waals surface area contributed by atoms with Gasteiger partial charge in [0.05, 0.1) is 11.3 Å². The SMILES string of the molecule is CCN1CCC[C@@H](Nc2nc3nc(-c4c(C)cc(C(F)(F)F)cc4O)ccn3n2)C1. The number of aromatic nitrogens is 4. The topological polar surface area (TPSA) is 78.6 Å². The molecule has 0 unspecified atom stereocenters. The number of rotatable bonds is 4. The summed E-state index contributed by atoms with van der Waals surface area (Å²) in [5.74, 6) is 0.284. The predicted molar refractivity (Wildman–Crippen MR) is 106 cm³/mol. The normalized spacial score (nSPS) is 18.1. The number of alkyl halides is 3. The standard InChI is InChI=1S/C20H23F3N6O/c1-3-28-7-4-5-14(11-28)24-18-26-19-25-15(6-8-29(19)27-18)17-12(2)9-13(10-16(17)30)20(21,22)23/h6,8-10,14,30H,3-5,7,11H2,1-2H3,(H,24,27)/t14-/m1/s1. The van der Waals surface area contributed by atoms with Crippen LogP contribution in [0.3, 0.4) is 0 Å². The second kappa shape index (κ2) is 7.75. The number of aromatic hydroxyl groups is 1. The summed E-state index contributed by atoms with van der Waals surface area (Å²) < 4.78 is 40.4. The van der Waals surface area contributed by atoms with Gasteiger partial charge in [0.25, 0.3) is 5.78 Å². The molecular formula is C20H23F3N6O. The Hall–Kier alpha value is -2.88. The van der Waals surface area contributed by atoms with E-state index in [9.17, 15) is 18.3 Å². The Kier molecular flexibility index (Phi) is 5.27. The van der Waals surface area contributed by atoms with E-state index in [0.717, 1.165) is 38.5 Å². The zero-order valence-electron chi connectivity index (χ0n) is 16.7. The van der Waals surface area contributed by atoms with Crippen LogP contribution in [0.4, 0.5) is 19.1 Å². The molecule has 4 rings (SSSR count). The minimum absolute atomic E-state index is 0.244. The molecule has 10 heteroatoms.